The van der Waals surface area contributed by atoms with Crippen LogP contribution in [0.4, 0.5) is 0 Å². The van der Waals surface area contributed by atoms with Crippen LogP contribution in [0.1, 0.15) is 29.6 Å². The van der Waals surface area contributed by atoms with E-state index in [4.69, 9.17) is 14.2 Å². The first-order valence-corrected chi connectivity index (χ1v) is 7.82. The van der Waals surface area contributed by atoms with Crippen molar-refractivity contribution in [2.24, 2.45) is 0 Å². The molecule has 1 heterocycles. The van der Waals surface area contributed by atoms with Crippen molar-refractivity contribution >= 4 is 17.7 Å². The number of carbonyl (C=O) groups is 3. The van der Waals surface area contributed by atoms with Crippen molar-refractivity contribution in [1.29, 1.82) is 0 Å². The molecule has 0 aromatic heterocycles. The Morgan fingerprint density at radius 1 is 1.04 bits per heavy atom. The lowest BCUT2D eigenvalue weighted by atomic mass is 10.00. The summed E-state index contributed by atoms with van der Waals surface area (Å²) in [6.45, 7) is 0.242. The lowest BCUT2D eigenvalue weighted by Gasteiger charge is -2.32. The minimum atomic E-state index is -1.11. The first-order valence-electron chi connectivity index (χ1n) is 7.82. The molecule has 1 fully saturated rings. The SMILES string of the molecule is COc1cc(C(=O)C(=O)N2CCCCC2C(=O)O)cc(OC)c1OC. The van der Waals surface area contributed by atoms with Gasteiger partial charge in [-0.25, -0.2) is 4.79 Å². The zero-order valence-electron chi connectivity index (χ0n) is 14.4. The van der Waals surface area contributed by atoms with Gasteiger partial charge in [0.2, 0.25) is 5.75 Å². The van der Waals surface area contributed by atoms with E-state index in [1.165, 1.54) is 33.5 Å². The van der Waals surface area contributed by atoms with Gasteiger partial charge in [-0.05, 0) is 31.4 Å². The van der Waals surface area contributed by atoms with Crippen LogP contribution >= 0.6 is 0 Å². The minimum absolute atomic E-state index is 0.0502. The van der Waals surface area contributed by atoms with Crippen molar-refractivity contribution < 1.29 is 33.7 Å². The number of nitrogens with zero attached hydrogens (tertiary/aromatic N) is 1. The maximum absolute atomic E-state index is 12.6. The molecule has 1 N–H and O–H groups in total. The summed E-state index contributed by atoms with van der Waals surface area (Å²) in [7, 11) is 4.23. The molecule has 1 aliphatic rings. The summed E-state index contributed by atoms with van der Waals surface area (Å²) < 4.78 is 15.5. The third kappa shape index (κ3) is 3.67. The number of carboxylic acid groups (broad SMARTS) is 1. The number of hydrogen-bond donors (Lipinski definition) is 1. The van der Waals surface area contributed by atoms with Crippen LogP contribution in [0.25, 0.3) is 0 Å². The molecule has 0 saturated carbocycles. The van der Waals surface area contributed by atoms with Gasteiger partial charge in [0.1, 0.15) is 6.04 Å². The molecule has 2 rings (SSSR count). The van der Waals surface area contributed by atoms with E-state index >= 15 is 0 Å². The van der Waals surface area contributed by atoms with Crippen LogP contribution in [-0.2, 0) is 9.59 Å². The number of likely N-dealkylation sites (tertiary alicyclic amines) is 1. The molecule has 8 nitrogen and oxygen atoms in total. The van der Waals surface area contributed by atoms with Crippen molar-refractivity contribution in [3.05, 3.63) is 17.7 Å². The quantitative estimate of drug-likeness (QED) is 0.610. The predicted octanol–water partition coefficient (Wildman–Crippen LogP) is 1.36. The summed E-state index contributed by atoms with van der Waals surface area (Å²) in [6, 6.07) is 1.77. The van der Waals surface area contributed by atoms with Gasteiger partial charge in [0.15, 0.2) is 11.5 Å². The molecule has 0 spiro atoms. The number of benzene rings is 1. The summed E-state index contributed by atoms with van der Waals surface area (Å²) in [5.41, 5.74) is 0.0502. The third-order valence-electron chi connectivity index (χ3n) is 4.17. The highest BCUT2D eigenvalue weighted by atomic mass is 16.5. The van der Waals surface area contributed by atoms with Crippen LogP contribution < -0.4 is 14.2 Å². The van der Waals surface area contributed by atoms with Crippen LogP contribution in [0.5, 0.6) is 17.2 Å². The average Bonchev–Trinajstić information content (AvgIpc) is 2.65. The lowest BCUT2D eigenvalue weighted by molar-refractivity contribution is -0.150. The zero-order chi connectivity index (χ0) is 18.6. The van der Waals surface area contributed by atoms with E-state index in [2.05, 4.69) is 0 Å². The highest BCUT2D eigenvalue weighted by molar-refractivity contribution is 6.43. The fraction of sp³-hybridized carbons (Fsp3) is 0.471. The Morgan fingerprint density at radius 3 is 2.12 bits per heavy atom. The molecule has 1 atom stereocenters. The van der Waals surface area contributed by atoms with Crippen molar-refractivity contribution in [2.45, 2.75) is 25.3 Å². The fourth-order valence-corrected chi connectivity index (χ4v) is 2.90. The van der Waals surface area contributed by atoms with Gasteiger partial charge in [0.25, 0.3) is 11.7 Å². The number of carboxylic acids is 1. The van der Waals surface area contributed by atoms with Crippen LogP contribution in [0.3, 0.4) is 0 Å². The molecule has 1 aliphatic heterocycles. The summed E-state index contributed by atoms with van der Waals surface area (Å²) in [4.78, 5) is 37.7. The van der Waals surface area contributed by atoms with Gasteiger partial charge in [0, 0.05) is 12.1 Å². The van der Waals surface area contributed by atoms with Gasteiger partial charge in [-0.1, -0.05) is 0 Å². The molecule has 1 unspecified atom stereocenters. The molecule has 1 amide bonds. The summed E-state index contributed by atoms with van der Waals surface area (Å²) in [6.07, 6.45) is 1.71. The van der Waals surface area contributed by atoms with Gasteiger partial charge in [-0.15, -0.1) is 0 Å². The summed E-state index contributed by atoms with van der Waals surface area (Å²) in [5.74, 6) is -1.98. The normalized spacial score (nSPS) is 16.9. The number of Topliss-reactive ketones (excluding diaryl/α,β-unsaturated/α-hetero) is 1. The maximum atomic E-state index is 12.6. The topological polar surface area (TPSA) is 102 Å². The van der Waals surface area contributed by atoms with Gasteiger partial charge in [0.05, 0.1) is 21.3 Å². The molecular formula is C17H21NO7. The van der Waals surface area contributed by atoms with E-state index < -0.39 is 23.7 Å². The van der Waals surface area contributed by atoms with E-state index in [0.29, 0.717) is 25.0 Å². The monoisotopic (exact) mass is 351 g/mol. The van der Waals surface area contributed by atoms with Crippen molar-refractivity contribution in [3.63, 3.8) is 0 Å². The Labute approximate surface area is 145 Å². The number of amides is 1. The standard InChI is InChI=1S/C17H21NO7/c1-23-12-8-10(9-13(24-2)15(12)25-3)14(19)16(20)18-7-5-4-6-11(18)17(21)22/h8-9,11H,4-7H2,1-3H3,(H,21,22). The predicted molar refractivity (Wildman–Crippen MR) is 87.4 cm³/mol. The van der Waals surface area contributed by atoms with E-state index in [1.807, 2.05) is 0 Å². The van der Waals surface area contributed by atoms with Gasteiger partial charge < -0.3 is 24.2 Å². The van der Waals surface area contributed by atoms with E-state index in [9.17, 15) is 19.5 Å². The molecule has 0 aliphatic carbocycles. The molecule has 1 aromatic carbocycles. The molecule has 1 saturated heterocycles. The smallest absolute Gasteiger partial charge is 0.326 e. The molecule has 136 valence electrons. The average molecular weight is 351 g/mol. The summed E-state index contributed by atoms with van der Waals surface area (Å²) >= 11 is 0. The Hall–Kier alpha value is -2.77. The second-order valence-electron chi connectivity index (χ2n) is 5.59. The molecule has 25 heavy (non-hydrogen) atoms. The number of hydrogen-bond acceptors (Lipinski definition) is 6. The lowest BCUT2D eigenvalue weighted by Crippen LogP contribution is -2.50. The number of ketones is 1. The van der Waals surface area contributed by atoms with Crippen molar-refractivity contribution in [1.82, 2.24) is 4.90 Å². The van der Waals surface area contributed by atoms with Gasteiger partial charge in [-0.2, -0.15) is 0 Å². The van der Waals surface area contributed by atoms with Crippen molar-refractivity contribution in [2.75, 3.05) is 27.9 Å². The van der Waals surface area contributed by atoms with Crippen LogP contribution in [0.15, 0.2) is 12.1 Å². The molecule has 0 bridgehead atoms. The Bertz CT molecular complexity index is 661. The molecule has 0 radical (unpaired) electrons. The van der Waals surface area contributed by atoms with Gasteiger partial charge in [-0.3, -0.25) is 9.59 Å². The summed E-state index contributed by atoms with van der Waals surface area (Å²) in [5, 5.41) is 9.28. The Morgan fingerprint density at radius 2 is 1.64 bits per heavy atom. The van der Waals surface area contributed by atoms with Gasteiger partial charge >= 0.3 is 5.97 Å². The number of aliphatic carboxylic acids is 1. The number of methoxy groups -OCH3 is 3. The second kappa shape index (κ2) is 7.87. The number of carbonyl (C=O) groups excluding carboxylic acids is 2. The highest BCUT2D eigenvalue weighted by Gasteiger charge is 2.35. The first-order chi connectivity index (χ1) is 11.9. The Balaban J connectivity index is 2.36. The molecule has 8 heteroatoms. The fourth-order valence-electron chi connectivity index (χ4n) is 2.90. The third-order valence-corrected chi connectivity index (χ3v) is 4.17. The minimum Gasteiger partial charge on any atom is -0.493 e. The van der Waals surface area contributed by atoms with Crippen molar-refractivity contribution in [3.8, 4) is 17.2 Å². The number of ether oxygens (including phenoxy) is 3. The molecule has 1 aromatic rings. The van der Waals surface area contributed by atoms with E-state index in [-0.39, 0.29) is 23.6 Å². The second-order valence-corrected chi connectivity index (χ2v) is 5.59. The van der Waals surface area contributed by atoms with E-state index in [0.717, 1.165) is 4.90 Å². The first kappa shape index (κ1) is 18.6. The highest BCUT2D eigenvalue weighted by Crippen LogP contribution is 2.38. The zero-order valence-corrected chi connectivity index (χ0v) is 14.4. The number of rotatable bonds is 6. The van der Waals surface area contributed by atoms with Crippen LogP contribution in [-0.4, -0.2) is 61.6 Å². The maximum Gasteiger partial charge on any atom is 0.326 e. The number of piperidine rings is 1. The van der Waals surface area contributed by atoms with Crippen LogP contribution in [0, 0.1) is 0 Å². The molecular weight excluding hydrogens is 330 g/mol. The van der Waals surface area contributed by atoms with E-state index in [1.54, 1.807) is 0 Å². The Kier molecular flexibility index (Phi) is 5.84. The van der Waals surface area contributed by atoms with Crippen LogP contribution in [0.2, 0.25) is 0 Å². The largest absolute Gasteiger partial charge is 0.493 e.